The molecule has 27 heavy (non-hydrogen) atoms. The lowest BCUT2D eigenvalue weighted by Crippen LogP contribution is -2.33. The summed E-state index contributed by atoms with van der Waals surface area (Å²) in [5, 5.41) is 2.34. The highest BCUT2D eigenvalue weighted by Crippen LogP contribution is 2.38. The summed E-state index contributed by atoms with van der Waals surface area (Å²) in [6.07, 6.45) is 1.76. The molecule has 5 nitrogen and oxygen atoms in total. The second-order valence-electron chi connectivity index (χ2n) is 6.38. The number of hydrogen-bond acceptors (Lipinski definition) is 4. The van der Waals surface area contributed by atoms with Crippen LogP contribution < -0.4 is 14.8 Å². The number of rotatable bonds is 6. The molecule has 1 heterocycles. The van der Waals surface area contributed by atoms with Crippen LogP contribution in [0.5, 0.6) is 11.5 Å². The van der Waals surface area contributed by atoms with Crippen molar-refractivity contribution in [2.75, 3.05) is 32.6 Å². The Labute approximate surface area is 156 Å². The SMILES string of the molecule is COc1ccc(OC)c([C@@H]2CCCN2CC(=O)Nc2c(F)cccc2F)c1. The summed E-state index contributed by atoms with van der Waals surface area (Å²) < 4.78 is 38.3. The van der Waals surface area contributed by atoms with Crippen LogP contribution in [0, 0.1) is 11.6 Å². The Bertz CT molecular complexity index is 809. The van der Waals surface area contributed by atoms with Gasteiger partial charge in [0, 0.05) is 11.6 Å². The highest BCUT2D eigenvalue weighted by atomic mass is 19.1. The summed E-state index contributed by atoms with van der Waals surface area (Å²) >= 11 is 0. The number of carbonyl (C=O) groups excluding carboxylic acids is 1. The zero-order chi connectivity index (χ0) is 19.4. The van der Waals surface area contributed by atoms with Crippen molar-refractivity contribution in [3.8, 4) is 11.5 Å². The van der Waals surface area contributed by atoms with Gasteiger partial charge in [-0.3, -0.25) is 9.69 Å². The Kier molecular flexibility index (Phi) is 5.91. The molecule has 0 bridgehead atoms. The molecular formula is C20H22F2N2O3. The number of hydrogen-bond donors (Lipinski definition) is 1. The van der Waals surface area contributed by atoms with Crippen molar-refractivity contribution in [1.29, 1.82) is 0 Å². The Balaban J connectivity index is 1.76. The first kappa shape index (κ1) is 19.1. The summed E-state index contributed by atoms with van der Waals surface area (Å²) in [6.45, 7) is 0.733. The third-order valence-electron chi connectivity index (χ3n) is 4.73. The Hall–Kier alpha value is -2.67. The average molecular weight is 376 g/mol. The lowest BCUT2D eigenvalue weighted by Gasteiger charge is -2.26. The number of nitrogens with one attached hydrogen (secondary N) is 1. The maximum Gasteiger partial charge on any atom is 0.238 e. The molecule has 0 aromatic heterocycles. The van der Waals surface area contributed by atoms with Crippen LogP contribution in [0.15, 0.2) is 36.4 Å². The van der Waals surface area contributed by atoms with Crippen LogP contribution in [0.2, 0.25) is 0 Å². The summed E-state index contributed by atoms with van der Waals surface area (Å²) in [5.74, 6) is -0.636. The summed E-state index contributed by atoms with van der Waals surface area (Å²) in [7, 11) is 3.19. The third-order valence-corrected chi connectivity index (χ3v) is 4.73. The highest BCUT2D eigenvalue weighted by molar-refractivity contribution is 5.92. The van der Waals surface area contributed by atoms with Gasteiger partial charge in [0.2, 0.25) is 5.91 Å². The number of anilines is 1. The minimum absolute atomic E-state index is 0.0266. The van der Waals surface area contributed by atoms with E-state index >= 15 is 0 Å². The largest absolute Gasteiger partial charge is 0.497 e. The summed E-state index contributed by atoms with van der Waals surface area (Å²) in [6, 6.07) is 8.99. The first-order valence-electron chi connectivity index (χ1n) is 8.73. The molecule has 2 aromatic rings. The molecule has 1 N–H and O–H groups in total. The molecule has 0 saturated carbocycles. The Morgan fingerprint density at radius 1 is 1.19 bits per heavy atom. The van der Waals surface area contributed by atoms with E-state index < -0.39 is 23.2 Å². The van der Waals surface area contributed by atoms with Gasteiger partial charge in [-0.1, -0.05) is 6.07 Å². The van der Waals surface area contributed by atoms with Gasteiger partial charge in [-0.05, 0) is 49.7 Å². The summed E-state index contributed by atoms with van der Waals surface area (Å²) in [5.41, 5.74) is 0.511. The van der Waals surface area contributed by atoms with Crippen molar-refractivity contribution < 1.29 is 23.0 Å². The quantitative estimate of drug-likeness (QED) is 0.834. The van der Waals surface area contributed by atoms with E-state index in [-0.39, 0.29) is 12.6 Å². The fourth-order valence-corrected chi connectivity index (χ4v) is 3.45. The van der Waals surface area contributed by atoms with Crippen LogP contribution >= 0.6 is 0 Å². The molecule has 1 amide bonds. The fourth-order valence-electron chi connectivity index (χ4n) is 3.45. The van der Waals surface area contributed by atoms with E-state index in [0.717, 1.165) is 30.5 Å². The molecule has 1 atom stereocenters. The van der Waals surface area contributed by atoms with Crippen LogP contribution in [-0.4, -0.2) is 38.1 Å². The van der Waals surface area contributed by atoms with Gasteiger partial charge in [0.05, 0.1) is 20.8 Å². The van der Waals surface area contributed by atoms with Crippen LogP contribution in [0.25, 0.3) is 0 Å². The molecule has 144 valence electrons. The van der Waals surface area contributed by atoms with E-state index in [9.17, 15) is 13.6 Å². The molecule has 0 radical (unpaired) electrons. The number of benzene rings is 2. The van der Waals surface area contributed by atoms with Gasteiger partial charge in [-0.25, -0.2) is 8.78 Å². The van der Waals surface area contributed by atoms with Crippen LogP contribution in [-0.2, 0) is 4.79 Å². The van der Waals surface area contributed by atoms with Crippen molar-refractivity contribution in [2.45, 2.75) is 18.9 Å². The van der Waals surface area contributed by atoms with Gasteiger partial charge in [-0.2, -0.15) is 0 Å². The minimum Gasteiger partial charge on any atom is -0.497 e. The molecule has 1 fully saturated rings. The van der Waals surface area contributed by atoms with E-state index in [1.807, 2.05) is 23.1 Å². The third kappa shape index (κ3) is 4.19. The van der Waals surface area contributed by atoms with Gasteiger partial charge in [0.1, 0.15) is 28.8 Å². The molecule has 7 heteroatoms. The summed E-state index contributed by atoms with van der Waals surface area (Å²) in [4.78, 5) is 14.4. The Morgan fingerprint density at radius 2 is 1.93 bits per heavy atom. The average Bonchev–Trinajstić information content (AvgIpc) is 3.12. The lowest BCUT2D eigenvalue weighted by molar-refractivity contribution is -0.117. The van der Waals surface area contributed by atoms with E-state index in [1.54, 1.807) is 14.2 Å². The molecule has 3 rings (SSSR count). The first-order valence-corrected chi connectivity index (χ1v) is 8.73. The molecule has 1 saturated heterocycles. The molecule has 1 aliphatic heterocycles. The maximum atomic E-state index is 13.7. The molecule has 2 aromatic carbocycles. The number of carbonyl (C=O) groups is 1. The van der Waals surface area contributed by atoms with Gasteiger partial charge < -0.3 is 14.8 Å². The second-order valence-corrected chi connectivity index (χ2v) is 6.38. The van der Waals surface area contributed by atoms with Crippen molar-refractivity contribution in [3.05, 3.63) is 53.6 Å². The zero-order valence-corrected chi connectivity index (χ0v) is 15.3. The number of methoxy groups -OCH3 is 2. The second kappa shape index (κ2) is 8.35. The molecule has 1 aliphatic rings. The maximum absolute atomic E-state index is 13.7. The normalized spacial score (nSPS) is 17.0. The number of para-hydroxylation sites is 1. The van der Waals surface area contributed by atoms with E-state index in [4.69, 9.17) is 9.47 Å². The van der Waals surface area contributed by atoms with Crippen LogP contribution in [0.3, 0.4) is 0 Å². The van der Waals surface area contributed by atoms with Gasteiger partial charge in [0.25, 0.3) is 0 Å². The first-order chi connectivity index (χ1) is 13.0. The van der Waals surface area contributed by atoms with Crippen molar-refractivity contribution in [3.63, 3.8) is 0 Å². The number of ether oxygens (including phenoxy) is 2. The number of amides is 1. The number of likely N-dealkylation sites (tertiary alicyclic amines) is 1. The lowest BCUT2D eigenvalue weighted by atomic mass is 10.0. The van der Waals surface area contributed by atoms with E-state index in [2.05, 4.69) is 5.32 Å². The fraction of sp³-hybridized carbons (Fsp3) is 0.350. The smallest absolute Gasteiger partial charge is 0.238 e. The van der Waals surface area contributed by atoms with Crippen LogP contribution in [0.4, 0.5) is 14.5 Å². The highest BCUT2D eigenvalue weighted by Gasteiger charge is 2.30. The van der Waals surface area contributed by atoms with Crippen molar-refractivity contribution in [2.24, 2.45) is 0 Å². The zero-order valence-electron chi connectivity index (χ0n) is 15.3. The predicted octanol–water partition coefficient (Wildman–Crippen LogP) is 3.76. The molecule has 0 unspecified atom stereocenters. The van der Waals surface area contributed by atoms with Gasteiger partial charge in [0.15, 0.2) is 0 Å². The number of halogens is 2. The minimum atomic E-state index is -0.796. The predicted molar refractivity (Wildman–Crippen MR) is 98.1 cm³/mol. The van der Waals surface area contributed by atoms with Crippen molar-refractivity contribution in [1.82, 2.24) is 4.90 Å². The van der Waals surface area contributed by atoms with Gasteiger partial charge in [-0.15, -0.1) is 0 Å². The standard InChI is InChI=1S/C20H22F2N2O3/c1-26-13-8-9-18(27-2)14(11-13)17-7-4-10-24(17)12-19(25)23-20-15(21)5-3-6-16(20)22/h3,5-6,8-9,11,17H,4,7,10,12H2,1-2H3,(H,23,25)/t17-/m0/s1. The number of nitrogens with zero attached hydrogens (tertiary/aromatic N) is 1. The topological polar surface area (TPSA) is 50.8 Å². The van der Waals surface area contributed by atoms with E-state index in [0.29, 0.717) is 18.0 Å². The molecular weight excluding hydrogens is 354 g/mol. The Morgan fingerprint density at radius 3 is 2.59 bits per heavy atom. The van der Waals surface area contributed by atoms with Gasteiger partial charge >= 0.3 is 0 Å². The monoisotopic (exact) mass is 376 g/mol. The molecule has 0 spiro atoms. The van der Waals surface area contributed by atoms with Crippen LogP contribution in [0.1, 0.15) is 24.4 Å². The molecule has 0 aliphatic carbocycles. The van der Waals surface area contributed by atoms with Crippen molar-refractivity contribution >= 4 is 11.6 Å². The van der Waals surface area contributed by atoms with E-state index in [1.165, 1.54) is 6.07 Å².